The van der Waals surface area contributed by atoms with Crippen LogP contribution in [-0.4, -0.2) is 32.2 Å². The van der Waals surface area contributed by atoms with E-state index in [-0.39, 0.29) is 12.6 Å². The van der Waals surface area contributed by atoms with Gasteiger partial charge in [-0.25, -0.2) is 4.39 Å². The predicted octanol–water partition coefficient (Wildman–Crippen LogP) is 2.42. The van der Waals surface area contributed by atoms with E-state index in [1.54, 1.807) is 6.92 Å². The van der Waals surface area contributed by atoms with E-state index < -0.39 is 18.3 Å². The summed E-state index contributed by atoms with van der Waals surface area (Å²) in [5.74, 6) is 0.193. The quantitative estimate of drug-likeness (QED) is 0.631. The molecular formula is C15H22BFO4. The van der Waals surface area contributed by atoms with E-state index in [0.717, 1.165) is 0 Å². The minimum absolute atomic E-state index is 0.0823. The minimum atomic E-state index is -0.670. The molecule has 1 heterocycles. The van der Waals surface area contributed by atoms with Gasteiger partial charge in [-0.2, -0.15) is 0 Å². The predicted molar refractivity (Wildman–Crippen MR) is 79.4 cm³/mol. The van der Waals surface area contributed by atoms with Gasteiger partial charge in [-0.1, -0.05) is 0 Å². The first-order valence-corrected chi connectivity index (χ1v) is 6.95. The van der Waals surface area contributed by atoms with E-state index in [9.17, 15) is 4.39 Å². The maximum absolute atomic E-state index is 13.8. The van der Waals surface area contributed by atoms with Gasteiger partial charge in [0.05, 0.1) is 11.2 Å². The van der Waals surface area contributed by atoms with Gasteiger partial charge >= 0.3 is 7.12 Å². The van der Waals surface area contributed by atoms with E-state index in [2.05, 4.69) is 0 Å². The Morgan fingerprint density at radius 2 is 1.71 bits per heavy atom. The molecule has 0 atom stereocenters. The number of ether oxygens (including phenoxy) is 2. The van der Waals surface area contributed by atoms with Gasteiger partial charge in [0, 0.05) is 12.6 Å². The topological polar surface area (TPSA) is 36.9 Å². The average Bonchev–Trinajstić information content (AvgIpc) is 2.56. The van der Waals surface area contributed by atoms with Gasteiger partial charge in [-0.05, 0) is 52.3 Å². The summed E-state index contributed by atoms with van der Waals surface area (Å²) in [6.07, 6.45) is 0. The van der Waals surface area contributed by atoms with Crippen LogP contribution in [0.5, 0.6) is 5.75 Å². The molecule has 6 heteroatoms. The molecule has 0 unspecified atom stereocenters. The lowest BCUT2D eigenvalue weighted by Gasteiger charge is -2.32. The summed E-state index contributed by atoms with van der Waals surface area (Å²) in [5.41, 5.74) is 0.243. The smallest absolute Gasteiger partial charge is 0.468 e. The Morgan fingerprint density at radius 1 is 1.14 bits per heavy atom. The number of hydrogen-bond acceptors (Lipinski definition) is 4. The molecule has 21 heavy (non-hydrogen) atoms. The maximum Gasteiger partial charge on any atom is 0.498 e. The van der Waals surface area contributed by atoms with Crippen molar-refractivity contribution in [3.63, 3.8) is 0 Å². The van der Waals surface area contributed by atoms with Gasteiger partial charge in [0.15, 0.2) is 6.79 Å². The second-order valence-corrected chi connectivity index (χ2v) is 6.28. The van der Waals surface area contributed by atoms with Crippen LogP contribution in [0.3, 0.4) is 0 Å². The summed E-state index contributed by atoms with van der Waals surface area (Å²) in [6.45, 7) is 9.68. The third kappa shape index (κ3) is 3.07. The van der Waals surface area contributed by atoms with Crippen molar-refractivity contribution in [1.29, 1.82) is 0 Å². The number of methoxy groups -OCH3 is 1. The van der Waals surface area contributed by atoms with E-state index in [4.69, 9.17) is 18.8 Å². The van der Waals surface area contributed by atoms with Crippen molar-refractivity contribution >= 4 is 12.6 Å². The molecule has 0 aliphatic carbocycles. The molecule has 0 spiro atoms. The molecule has 0 N–H and O–H groups in total. The lowest BCUT2D eigenvalue weighted by Crippen LogP contribution is -2.41. The molecule has 1 aliphatic rings. The van der Waals surface area contributed by atoms with Crippen molar-refractivity contribution in [2.45, 2.75) is 45.8 Å². The minimum Gasteiger partial charge on any atom is -0.468 e. The maximum atomic E-state index is 13.8. The van der Waals surface area contributed by atoms with Crippen LogP contribution in [0.25, 0.3) is 0 Å². The number of aryl methyl sites for hydroxylation is 1. The molecule has 4 nitrogen and oxygen atoms in total. The molecule has 1 aliphatic heterocycles. The summed E-state index contributed by atoms with van der Waals surface area (Å²) in [5, 5.41) is 0. The van der Waals surface area contributed by atoms with Crippen LogP contribution in [0.15, 0.2) is 12.1 Å². The van der Waals surface area contributed by atoms with E-state index in [1.165, 1.54) is 19.2 Å². The Hall–Kier alpha value is -1.11. The summed E-state index contributed by atoms with van der Waals surface area (Å²) in [6, 6.07) is 2.81. The SMILES string of the molecule is COCOc1c(C)cc(F)cc1B1OC(C)(C)C(C)(C)O1. The van der Waals surface area contributed by atoms with Gasteiger partial charge in [0.25, 0.3) is 0 Å². The summed E-state index contributed by atoms with van der Waals surface area (Å²) in [7, 11) is 0.865. The van der Waals surface area contributed by atoms with Gasteiger partial charge in [0.1, 0.15) is 11.6 Å². The van der Waals surface area contributed by atoms with Crippen LogP contribution in [0.4, 0.5) is 4.39 Å². The summed E-state index contributed by atoms with van der Waals surface area (Å²) < 4.78 is 36.2. The Balaban J connectivity index is 2.40. The molecular weight excluding hydrogens is 274 g/mol. The molecule has 0 radical (unpaired) electrons. The summed E-state index contributed by atoms with van der Waals surface area (Å²) >= 11 is 0. The van der Waals surface area contributed by atoms with Crippen LogP contribution in [0.2, 0.25) is 0 Å². The van der Waals surface area contributed by atoms with Gasteiger partial charge in [0.2, 0.25) is 0 Å². The molecule has 0 aromatic heterocycles. The van der Waals surface area contributed by atoms with Crippen molar-refractivity contribution in [3.8, 4) is 5.75 Å². The molecule has 0 saturated carbocycles. The van der Waals surface area contributed by atoms with Gasteiger partial charge in [-0.3, -0.25) is 0 Å². The van der Waals surface area contributed by atoms with E-state index >= 15 is 0 Å². The van der Waals surface area contributed by atoms with Gasteiger partial charge < -0.3 is 18.8 Å². The van der Waals surface area contributed by atoms with E-state index in [1.807, 2.05) is 27.7 Å². The fourth-order valence-electron chi connectivity index (χ4n) is 2.22. The highest BCUT2D eigenvalue weighted by atomic mass is 19.1. The van der Waals surface area contributed by atoms with Crippen molar-refractivity contribution in [2.75, 3.05) is 13.9 Å². The third-order valence-corrected chi connectivity index (χ3v) is 4.10. The highest BCUT2D eigenvalue weighted by Crippen LogP contribution is 2.37. The monoisotopic (exact) mass is 296 g/mol. The highest BCUT2D eigenvalue weighted by Gasteiger charge is 2.52. The van der Waals surface area contributed by atoms with Crippen LogP contribution < -0.4 is 10.2 Å². The van der Waals surface area contributed by atoms with Crippen LogP contribution in [0, 0.1) is 12.7 Å². The molecule has 1 aromatic carbocycles. The standard InChI is InChI=1S/C15H22BFO4/c1-10-7-11(17)8-12(13(10)19-9-18-6)16-20-14(2,3)15(4,5)21-16/h7-8H,9H2,1-6H3. The number of halogens is 1. The molecule has 0 amide bonds. The lowest BCUT2D eigenvalue weighted by atomic mass is 9.77. The zero-order valence-corrected chi connectivity index (χ0v) is 13.5. The third-order valence-electron chi connectivity index (χ3n) is 4.10. The summed E-state index contributed by atoms with van der Waals surface area (Å²) in [4.78, 5) is 0. The van der Waals surface area contributed by atoms with Gasteiger partial charge in [-0.15, -0.1) is 0 Å². The highest BCUT2D eigenvalue weighted by molar-refractivity contribution is 6.63. The van der Waals surface area contributed by atoms with Crippen molar-refractivity contribution in [3.05, 3.63) is 23.5 Å². The van der Waals surface area contributed by atoms with Crippen molar-refractivity contribution in [2.24, 2.45) is 0 Å². The Labute approximate surface area is 125 Å². The zero-order valence-electron chi connectivity index (χ0n) is 13.5. The fraction of sp³-hybridized carbons (Fsp3) is 0.600. The normalized spacial score (nSPS) is 19.9. The molecule has 0 bridgehead atoms. The van der Waals surface area contributed by atoms with Crippen molar-refractivity contribution < 1.29 is 23.2 Å². The second-order valence-electron chi connectivity index (χ2n) is 6.28. The van der Waals surface area contributed by atoms with Crippen LogP contribution >= 0.6 is 0 Å². The molecule has 1 fully saturated rings. The largest absolute Gasteiger partial charge is 0.498 e. The first kappa shape index (κ1) is 16.3. The number of rotatable bonds is 4. The Morgan fingerprint density at radius 3 is 2.24 bits per heavy atom. The Bertz CT molecular complexity index is 515. The lowest BCUT2D eigenvalue weighted by molar-refractivity contribution is 0.00578. The van der Waals surface area contributed by atoms with Crippen LogP contribution in [0.1, 0.15) is 33.3 Å². The molecule has 1 aromatic rings. The van der Waals surface area contributed by atoms with Crippen LogP contribution in [-0.2, 0) is 14.0 Å². The fourth-order valence-corrected chi connectivity index (χ4v) is 2.22. The first-order valence-electron chi connectivity index (χ1n) is 6.95. The van der Waals surface area contributed by atoms with Crippen molar-refractivity contribution in [1.82, 2.24) is 0 Å². The Kier molecular flexibility index (Phi) is 4.33. The molecule has 116 valence electrons. The number of benzene rings is 1. The molecule has 1 saturated heterocycles. The molecule has 2 rings (SSSR count). The zero-order chi connectivity index (χ0) is 15.8. The second kappa shape index (κ2) is 5.59. The average molecular weight is 296 g/mol. The van der Waals surface area contributed by atoms with E-state index in [0.29, 0.717) is 16.8 Å². The number of hydrogen-bond donors (Lipinski definition) is 0. The first-order chi connectivity index (χ1) is 9.68.